The number of rotatable bonds is 6. The van der Waals surface area contributed by atoms with E-state index in [-0.39, 0.29) is 11.3 Å². The summed E-state index contributed by atoms with van der Waals surface area (Å²) in [6.45, 7) is 1.82. The molecule has 3 aromatic carbocycles. The lowest BCUT2D eigenvalue weighted by Crippen LogP contribution is -2.15. The maximum absolute atomic E-state index is 12.3. The van der Waals surface area contributed by atoms with E-state index in [1.807, 2.05) is 6.92 Å². The molecule has 166 valence electrons. The lowest BCUT2D eigenvalue weighted by molar-refractivity contribution is 0.0698. The van der Waals surface area contributed by atoms with Gasteiger partial charge in [-0.1, -0.05) is 30.3 Å². The minimum atomic E-state index is -1.09. The van der Waals surface area contributed by atoms with Gasteiger partial charge in [0.15, 0.2) is 0 Å². The molecule has 0 aliphatic carbocycles. The SMILES string of the molecule is COc1ccccc1C(=O)Cl.COc1ccccc1C(=O)Nc1cc(C)ccc1C(=O)O. The minimum Gasteiger partial charge on any atom is -0.496 e. The van der Waals surface area contributed by atoms with Gasteiger partial charge < -0.3 is 19.9 Å². The van der Waals surface area contributed by atoms with Crippen LogP contribution in [0, 0.1) is 6.92 Å². The van der Waals surface area contributed by atoms with Crippen LogP contribution in [0.15, 0.2) is 66.7 Å². The van der Waals surface area contributed by atoms with Crippen LogP contribution in [0.25, 0.3) is 0 Å². The molecular weight excluding hydrogens is 434 g/mol. The molecule has 0 bridgehead atoms. The summed E-state index contributed by atoms with van der Waals surface area (Å²) in [5, 5.41) is 11.3. The molecule has 0 unspecified atom stereocenters. The summed E-state index contributed by atoms with van der Waals surface area (Å²) in [6.07, 6.45) is 0. The molecule has 3 rings (SSSR count). The summed E-state index contributed by atoms with van der Waals surface area (Å²) >= 11 is 5.27. The molecule has 1 amide bonds. The Hall–Kier alpha value is -3.84. The van der Waals surface area contributed by atoms with Crippen LogP contribution in [0.5, 0.6) is 11.5 Å². The quantitative estimate of drug-likeness (QED) is 0.505. The number of para-hydroxylation sites is 2. The first kappa shape index (κ1) is 24.4. The summed E-state index contributed by atoms with van der Waals surface area (Å²) in [6, 6.07) is 18.4. The number of amides is 1. The van der Waals surface area contributed by atoms with E-state index in [4.69, 9.17) is 26.2 Å². The van der Waals surface area contributed by atoms with Crippen LogP contribution < -0.4 is 14.8 Å². The lowest BCUT2D eigenvalue weighted by Gasteiger charge is -2.11. The predicted molar refractivity (Wildman–Crippen MR) is 122 cm³/mol. The number of carbonyl (C=O) groups is 3. The first-order chi connectivity index (χ1) is 15.3. The van der Waals surface area contributed by atoms with Gasteiger partial charge in [-0.2, -0.15) is 0 Å². The average Bonchev–Trinajstić information content (AvgIpc) is 2.79. The average molecular weight is 456 g/mol. The van der Waals surface area contributed by atoms with Crippen LogP contribution >= 0.6 is 11.6 Å². The van der Waals surface area contributed by atoms with Gasteiger partial charge in [-0.25, -0.2) is 4.79 Å². The third kappa shape index (κ3) is 6.33. The fourth-order valence-corrected chi connectivity index (χ4v) is 2.93. The van der Waals surface area contributed by atoms with Gasteiger partial charge in [-0.3, -0.25) is 9.59 Å². The number of carbonyl (C=O) groups excluding carboxylic acids is 2. The Kier molecular flexibility index (Phi) is 8.80. The number of hydrogen-bond donors (Lipinski definition) is 2. The van der Waals surface area contributed by atoms with Gasteiger partial charge in [0.2, 0.25) is 0 Å². The van der Waals surface area contributed by atoms with Crippen molar-refractivity contribution in [1.82, 2.24) is 0 Å². The standard InChI is InChI=1S/C16H15NO4.C8H7ClO2/c1-10-7-8-11(16(19)20)13(9-10)17-15(18)12-5-3-4-6-14(12)21-2;1-11-7-5-3-2-4-6(7)8(9)10/h3-9H,1-2H3,(H,17,18)(H,19,20);2-5H,1H3. The first-order valence-corrected chi connectivity index (χ1v) is 9.77. The van der Waals surface area contributed by atoms with Gasteiger partial charge in [-0.15, -0.1) is 0 Å². The molecule has 0 aliphatic heterocycles. The molecule has 0 atom stereocenters. The summed E-state index contributed by atoms with van der Waals surface area (Å²) < 4.78 is 10.0. The predicted octanol–water partition coefficient (Wildman–Crippen LogP) is 5.03. The van der Waals surface area contributed by atoms with Gasteiger partial charge in [0.05, 0.1) is 36.6 Å². The molecule has 0 aromatic heterocycles. The van der Waals surface area contributed by atoms with Crippen molar-refractivity contribution in [1.29, 1.82) is 0 Å². The highest BCUT2D eigenvalue weighted by atomic mass is 35.5. The molecular formula is C24H22ClNO6. The number of carboxylic acids is 1. The van der Waals surface area contributed by atoms with Crippen molar-refractivity contribution in [2.45, 2.75) is 6.92 Å². The number of nitrogens with one attached hydrogen (secondary N) is 1. The highest BCUT2D eigenvalue weighted by Gasteiger charge is 2.16. The summed E-state index contributed by atoms with van der Waals surface area (Å²) in [7, 11) is 2.97. The molecule has 0 aliphatic rings. The van der Waals surface area contributed by atoms with Crippen LogP contribution in [-0.4, -0.2) is 36.4 Å². The number of aryl methyl sites for hydroxylation is 1. The molecule has 0 saturated heterocycles. The number of halogens is 1. The van der Waals surface area contributed by atoms with Gasteiger partial charge in [-0.05, 0) is 60.5 Å². The van der Waals surface area contributed by atoms with Crippen LogP contribution in [0.3, 0.4) is 0 Å². The Labute approximate surface area is 190 Å². The second-order valence-corrected chi connectivity index (χ2v) is 6.83. The van der Waals surface area contributed by atoms with E-state index < -0.39 is 17.1 Å². The molecule has 7 nitrogen and oxygen atoms in total. The molecule has 2 N–H and O–H groups in total. The first-order valence-electron chi connectivity index (χ1n) is 9.39. The van der Waals surface area contributed by atoms with E-state index in [2.05, 4.69) is 5.32 Å². The van der Waals surface area contributed by atoms with Crippen LogP contribution in [0.4, 0.5) is 5.69 Å². The van der Waals surface area contributed by atoms with Crippen LogP contribution in [0.1, 0.15) is 36.6 Å². The summed E-state index contributed by atoms with van der Waals surface area (Å²) in [5.41, 5.74) is 1.91. The molecule has 0 saturated carbocycles. The fourth-order valence-electron chi connectivity index (χ4n) is 2.78. The third-order valence-corrected chi connectivity index (χ3v) is 4.53. The number of carboxylic acid groups (broad SMARTS) is 1. The highest BCUT2D eigenvalue weighted by Crippen LogP contribution is 2.22. The largest absolute Gasteiger partial charge is 0.496 e. The highest BCUT2D eigenvalue weighted by molar-refractivity contribution is 6.68. The molecule has 3 aromatic rings. The van der Waals surface area contributed by atoms with Crippen molar-refractivity contribution in [3.8, 4) is 11.5 Å². The smallest absolute Gasteiger partial charge is 0.337 e. The van der Waals surface area contributed by atoms with E-state index in [9.17, 15) is 14.4 Å². The summed E-state index contributed by atoms with van der Waals surface area (Å²) in [5.74, 6) is -0.571. The zero-order valence-electron chi connectivity index (χ0n) is 17.7. The zero-order valence-corrected chi connectivity index (χ0v) is 18.5. The van der Waals surface area contributed by atoms with Crippen molar-refractivity contribution in [2.75, 3.05) is 19.5 Å². The normalized spacial score (nSPS) is 9.75. The van der Waals surface area contributed by atoms with Crippen LogP contribution in [0.2, 0.25) is 0 Å². The summed E-state index contributed by atoms with van der Waals surface area (Å²) in [4.78, 5) is 34.2. The van der Waals surface area contributed by atoms with Crippen molar-refractivity contribution in [3.05, 3.63) is 89.0 Å². The van der Waals surface area contributed by atoms with Gasteiger partial charge >= 0.3 is 5.97 Å². The maximum atomic E-state index is 12.3. The number of aromatic carboxylic acids is 1. The Morgan fingerprint density at radius 2 is 1.34 bits per heavy atom. The molecule has 0 radical (unpaired) electrons. The van der Waals surface area contributed by atoms with Crippen molar-refractivity contribution in [3.63, 3.8) is 0 Å². The Morgan fingerprint density at radius 3 is 1.84 bits per heavy atom. The van der Waals surface area contributed by atoms with Crippen molar-refractivity contribution >= 4 is 34.4 Å². The van der Waals surface area contributed by atoms with Crippen molar-refractivity contribution < 1.29 is 29.0 Å². The minimum absolute atomic E-state index is 0.0452. The number of benzene rings is 3. The van der Waals surface area contributed by atoms with E-state index in [0.717, 1.165) is 5.56 Å². The number of ether oxygens (including phenoxy) is 2. The second kappa shape index (κ2) is 11.5. The van der Waals surface area contributed by atoms with Gasteiger partial charge in [0, 0.05) is 0 Å². The second-order valence-electron chi connectivity index (χ2n) is 6.48. The van der Waals surface area contributed by atoms with Crippen LogP contribution in [-0.2, 0) is 0 Å². The number of methoxy groups -OCH3 is 2. The van der Waals surface area contributed by atoms with E-state index in [0.29, 0.717) is 22.6 Å². The number of anilines is 1. The molecule has 32 heavy (non-hydrogen) atoms. The molecule has 0 spiro atoms. The lowest BCUT2D eigenvalue weighted by atomic mass is 10.1. The Morgan fingerprint density at radius 1 is 0.812 bits per heavy atom. The zero-order chi connectivity index (χ0) is 23.7. The third-order valence-electron chi connectivity index (χ3n) is 4.32. The molecule has 8 heteroatoms. The number of hydrogen-bond acceptors (Lipinski definition) is 5. The van der Waals surface area contributed by atoms with Gasteiger partial charge in [0.1, 0.15) is 11.5 Å². The van der Waals surface area contributed by atoms with E-state index in [1.165, 1.54) is 20.3 Å². The molecule has 0 fully saturated rings. The fraction of sp³-hybridized carbons (Fsp3) is 0.125. The van der Waals surface area contributed by atoms with Crippen molar-refractivity contribution in [2.24, 2.45) is 0 Å². The maximum Gasteiger partial charge on any atom is 0.337 e. The topological polar surface area (TPSA) is 102 Å². The Balaban J connectivity index is 0.000000278. The Bertz CT molecular complexity index is 1130. The van der Waals surface area contributed by atoms with E-state index in [1.54, 1.807) is 60.7 Å². The van der Waals surface area contributed by atoms with E-state index >= 15 is 0 Å². The monoisotopic (exact) mass is 455 g/mol. The molecule has 0 heterocycles. The van der Waals surface area contributed by atoms with Gasteiger partial charge in [0.25, 0.3) is 11.1 Å².